The second kappa shape index (κ2) is 5.42. The number of carbonyl (C=O) groups excluding carboxylic acids is 1. The molecule has 2 rings (SSSR count). The van der Waals surface area contributed by atoms with E-state index in [4.69, 9.17) is 4.52 Å². The predicted molar refractivity (Wildman–Crippen MR) is 66.7 cm³/mol. The number of hydrogen-bond donors (Lipinski definition) is 1. The van der Waals surface area contributed by atoms with E-state index in [1.807, 2.05) is 6.92 Å². The maximum Gasteiger partial charge on any atom is 0.326 e. The van der Waals surface area contributed by atoms with Crippen LogP contribution >= 0.6 is 0 Å². The number of rotatable bonds is 3. The number of piperidine rings is 1. The van der Waals surface area contributed by atoms with Gasteiger partial charge in [0.1, 0.15) is 6.04 Å². The van der Waals surface area contributed by atoms with Crippen LogP contribution in [0.25, 0.3) is 0 Å². The smallest absolute Gasteiger partial charge is 0.326 e. The van der Waals surface area contributed by atoms with Crippen molar-refractivity contribution in [3.05, 3.63) is 17.5 Å². The van der Waals surface area contributed by atoms with Crippen LogP contribution in [0.15, 0.2) is 10.6 Å². The van der Waals surface area contributed by atoms with Crippen molar-refractivity contribution >= 4 is 11.9 Å². The van der Waals surface area contributed by atoms with Gasteiger partial charge in [-0.05, 0) is 25.7 Å². The summed E-state index contributed by atoms with van der Waals surface area (Å²) in [5.41, 5.74) is 0.610. The number of aryl methyl sites for hydroxylation is 1. The molecule has 6 heteroatoms. The SMILES string of the molecule is CCC1CCN(C(=O)c2cc(C)no2)C(C(=O)O)C1. The molecule has 1 aliphatic rings. The molecule has 2 unspecified atom stereocenters. The normalized spacial score (nSPS) is 23.4. The van der Waals surface area contributed by atoms with Crippen LogP contribution in [-0.2, 0) is 4.79 Å². The fourth-order valence-corrected chi connectivity index (χ4v) is 2.49. The van der Waals surface area contributed by atoms with E-state index in [-0.39, 0.29) is 11.7 Å². The zero-order valence-electron chi connectivity index (χ0n) is 11.1. The summed E-state index contributed by atoms with van der Waals surface area (Å²) >= 11 is 0. The number of aliphatic carboxylic acids is 1. The van der Waals surface area contributed by atoms with Crippen LogP contribution < -0.4 is 0 Å². The zero-order valence-corrected chi connectivity index (χ0v) is 11.1. The van der Waals surface area contributed by atoms with E-state index in [1.54, 1.807) is 6.92 Å². The molecule has 1 N–H and O–H groups in total. The Bertz CT molecular complexity index is 483. The number of aromatic nitrogens is 1. The minimum atomic E-state index is -0.956. The zero-order chi connectivity index (χ0) is 14.0. The maximum atomic E-state index is 12.3. The minimum absolute atomic E-state index is 0.110. The van der Waals surface area contributed by atoms with Gasteiger partial charge < -0.3 is 14.5 Å². The number of amides is 1. The summed E-state index contributed by atoms with van der Waals surface area (Å²) < 4.78 is 4.93. The Kier molecular flexibility index (Phi) is 3.87. The molecule has 0 aromatic carbocycles. The number of likely N-dealkylation sites (tertiary alicyclic amines) is 1. The number of carboxylic acids is 1. The number of nitrogens with zero attached hydrogens (tertiary/aromatic N) is 2. The molecule has 19 heavy (non-hydrogen) atoms. The van der Waals surface area contributed by atoms with Crippen molar-refractivity contribution in [3.63, 3.8) is 0 Å². The van der Waals surface area contributed by atoms with E-state index in [1.165, 1.54) is 11.0 Å². The van der Waals surface area contributed by atoms with Gasteiger partial charge >= 0.3 is 5.97 Å². The lowest BCUT2D eigenvalue weighted by Gasteiger charge is -2.36. The first-order valence-electron chi connectivity index (χ1n) is 6.50. The van der Waals surface area contributed by atoms with E-state index in [9.17, 15) is 14.7 Å². The van der Waals surface area contributed by atoms with Gasteiger partial charge in [-0.25, -0.2) is 4.79 Å². The van der Waals surface area contributed by atoms with E-state index in [0.29, 0.717) is 24.6 Å². The van der Waals surface area contributed by atoms with Crippen molar-refractivity contribution in [2.75, 3.05) is 6.54 Å². The van der Waals surface area contributed by atoms with Crippen LogP contribution in [0.2, 0.25) is 0 Å². The molecule has 1 amide bonds. The standard InChI is InChI=1S/C13H18N2O4/c1-3-9-4-5-15(10(7-9)13(17)18)12(16)11-6-8(2)14-19-11/h6,9-10H,3-5,7H2,1-2H3,(H,17,18). The third-order valence-electron chi connectivity index (χ3n) is 3.67. The Morgan fingerprint density at radius 2 is 2.32 bits per heavy atom. The fourth-order valence-electron chi connectivity index (χ4n) is 2.49. The van der Waals surface area contributed by atoms with Gasteiger partial charge in [0.2, 0.25) is 5.76 Å². The van der Waals surface area contributed by atoms with E-state index in [0.717, 1.165) is 12.8 Å². The monoisotopic (exact) mass is 266 g/mol. The van der Waals surface area contributed by atoms with E-state index in [2.05, 4.69) is 5.16 Å². The van der Waals surface area contributed by atoms with Gasteiger partial charge in [0.15, 0.2) is 0 Å². The molecule has 0 radical (unpaired) electrons. The van der Waals surface area contributed by atoms with Gasteiger partial charge in [0.05, 0.1) is 5.69 Å². The first-order chi connectivity index (χ1) is 9.02. The van der Waals surface area contributed by atoms with Crippen molar-refractivity contribution in [1.29, 1.82) is 0 Å². The van der Waals surface area contributed by atoms with Crippen LogP contribution in [0, 0.1) is 12.8 Å². The second-order valence-electron chi connectivity index (χ2n) is 4.98. The molecule has 2 heterocycles. The molecule has 1 aromatic rings. The van der Waals surface area contributed by atoms with Crippen LogP contribution in [0.3, 0.4) is 0 Å². The lowest BCUT2D eigenvalue weighted by molar-refractivity contribution is -0.144. The first-order valence-corrected chi connectivity index (χ1v) is 6.50. The van der Waals surface area contributed by atoms with Gasteiger partial charge in [0.25, 0.3) is 5.91 Å². The molecule has 1 aromatic heterocycles. The molecule has 0 spiro atoms. The molecule has 6 nitrogen and oxygen atoms in total. The largest absolute Gasteiger partial charge is 0.480 e. The Balaban J connectivity index is 2.17. The summed E-state index contributed by atoms with van der Waals surface area (Å²) in [5, 5.41) is 12.9. The third kappa shape index (κ3) is 2.77. The highest BCUT2D eigenvalue weighted by atomic mass is 16.5. The maximum absolute atomic E-state index is 12.3. The Hall–Kier alpha value is -1.85. The molecular weight excluding hydrogens is 248 g/mol. The summed E-state index contributed by atoms with van der Waals surface area (Å²) in [7, 11) is 0. The number of carbonyl (C=O) groups is 2. The molecule has 1 saturated heterocycles. The number of hydrogen-bond acceptors (Lipinski definition) is 4. The lowest BCUT2D eigenvalue weighted by Crippen LogP contribution is -2.50. The molecule has 0 aliphatic carbocycles. The predicted octanol–water partition coefficient (Wildman–Crippen LogP) is 1.70. The summed E-state index contributed by atoms with van der Waals surface area (Å²) in [4.78, 5) is 25.0. The van der Waals surface area contributed by atoms with Crippen molar-refractivity contribution in [2.24, 2.45) is 5.92 Å². The molecule has 0 bridgehead atoms. The van der Waals surface area contributed by atoms with Gasteiger partial charge in [-0.3, -0.25) is 4.79 Å². The van der Waals surface area contributed by atoms with Crippen molar-refractivity contribution in [3.8, 4) is 0 Å². The van der Waals surface area contributed by atoms with E-state index >= 15 is 0 Å². The molecule has 2 atom stereocenters. The summed E-state index contributed by atoms with van der Waals surface area (Å²) in [6, 6.07) is 0.768. The van der Waals surface area contributed by atoms with Crippen molar-refractivity contribution in [2.45, 2.75) is 39.2 Å². The van der Waals surface area contributed by atoms with Crippen LogP contribution in [0.4, 0.5) is 0 Å². The Morgan fingerprint density at radius 3 is 2.84 bits per heavy atom. The average molecular weight is 266 g/mol. The van der Waals surface area contributed by atoms with Gasteiger partial charge in [0, 0.05) is 12.6 Å². The van der Waals surface area contributed by atoms with Crippen molar-refractivity contribution < 1.29 is 19.2 Å². The third-order valence-corrected chi connectivity index (χ3v) is 3.67. The fraction of sp³-hybridized carbons (Fsp3) is 0.615. The molecular formula is C13H18N2O4. The topological polar surface area (TPSA) is 83.6 Å². The highest BCUT2D eigenvalue weighted by Gasteiger charge is 2.37. The molecule has 104 valence electrons. The van der Waals surface area contributed by atoms with Crippen LogP contribution in [0.5, 0.6) is 0 Å². The summed E-state index contributed by atoms with van der Waals surface area (Å²) in [6.45, 7) is 4.22. The van der Waals surface area contributed by atoms with Crippen LogP contribution in [-0.4, -0.2) is 39.6 Å². The highest BCUT2D eigenvalue weighted by molar-refractivity contribution is 5.94. The summed E-state index contributed by atoms with van der Waals surface area (Å²) in [6.07, 6.45) is 2.27. The lowest BCUT2D eigenvalue weighted by atomic mass is 9.88. The molecule has 1 aliphatic heterocycles. The van der Waals surface area contributed by atoms with Gasteiger partial charge in [-0.2, -0.15) is 0 Å². The van der Waals surface area contributed by atoms with Crippen LogP contribution in [0.1, 0.15) is 42.4 Å². The average Bonchev–Trinajstić information content (AvgIpc) is 2.83. The summed E-state index contributed by atoms with van der Waals surface area (Å²) in [5.74, 6) is -0.870. The number of carboxylic acid groups (broad SMARTS) is 1. The molecule has 1 fully saturated rings. The van der Waals surface area contributed by atoms with Crippen molar-refractivity contribution in [1.82, 2.24) is 10.1 Å². The molecule has 0 saturated carbocycles. The Labute approximate surface area is 111 Å². The van der Waals surface area contributed by atoms with Gasteiger partial charge in [-0.15, -0.1) is 0 Å². The van der Waals surface area contributed by atoms with Gasteiger partial charge in [-0.1, -0.05) is 18.5 Å². The first kappa shape index (κ1) is 13.6. The minimum Gasteiger partial charge on any atom is -0.480 e. The quantitative estimate of drug-likeness (QED) is 0.900. The Morgan fingerprint density at radius 1 is 1.58 bits per heavy atom. The van der Waals surface area contributed by atoms with E-state index < -0.39 is 12.0 Å². The second-order valence-corrected chi connectivity index (χ2v) is 4.98. The highest BCUT2D eigenvalue weighted by Crippen LogP contribution is 2.27.